The third kappa shape index (κ3) is 3.39. The molecule has 0 aliphatic carbocycles. The molecule has 3 rings (SSSR count). The number of carbonyl (C=O) groups excluding carboxylic acids is 2. The van der Waals surface area contributed by atoms with E-state index in [2.05, 4.69) is 5.10 Å². The Bertz CT molecular complexity index is 774. The maximum Gasteiger partial charge on any atom is 0.328 e. The molecule has 0 spiro atoms. The normalized spacial score (nSPS) is 15.9. The van der Waals surface area contributed by atoms with Crippen LogP contribution in [-0.2, 0) is 4.79 Å². The molecule has 1 aliphatic heterocycles. The van der Waals surface area contributed by atoms with Crippen LogP contribution in [0.2, 0.25) is 0 Å². The van der Waals surface area contributed by atoms with Crippen LogP contribution in [0, 0.1) is 0 Å². The summed E-state index contributed by atoms with van der Waals surface area (Å²) in [6.45, 7) is 3.05. The van der Waals surface area contributed by atoms with Gasteiger partial charge in [-0.1, -0.05) is 0 Å². The maximum absolute atomic E-state index is 12.5. The molecule has 1 saturated heterocycles. The predicted molar refractivity (Wildman–Crippen MR) is 85.1 cm³/mol. The van der Waals surface area contributed by atoms with Gasteiger partial charge in [0.15, 0.2) is 5.76 Å². The number of hydrogen-bond acceptors (Lipinski definition) is 5. The summed E-state index contributed by atoms with van der Waals surface area (Å²) in [5.41, 5.74) is 0.193. The molecule has 132 valence electrons. The number of nitrogens with zero attached hydrogens (tertiary/aromatic N) is 4. The molecule has 1 fully saturated rings. The van der Waals surface area contributed by atoms with E-state index in [0.717, 1.165) is 0 Å². The average Bonchev–Trinajstić information content (AvgIpc) is 3.31. The van der Waals surface area contributed by atoms with E-state index >= 15 is 0 Å². The second-order valence-electron chi connectivity index (χ2n) is 5.76. The first-order valence-corrected chi connectivity index (χ1v) is 7.87. The van der Waals surface area contributed by atoms with Gasteiger partial charge >= 0.3 is 5.97 Å². The van der Waals surface area contributed by atoms with E-state index in [-0.39, 0.29) is 23.3 Å². The second-order valence-corrected chi connectivity index (χ2v) is 5.76. The highest BCUT2D eigenvalue weighted by Crippen LogP contribution is 2.12. The lowest BCUT2D eigenvalue weighted by Crippen LogP contribution is -2.50. The largest absolute Gasteiger partial charge is 0.480 e. The van der Waals surface area contributed by atoms with Gasteiger partial charge in [-0.3, -0.25) is 14.3 Å². The second kappa shape index (κ2) is 6.80. The van der Waals surface area contributed by atoms with Crippen LogP contribution in [0.3, 0.4) is 0 Å². The number of carboxylic acid groups (broad SMARTS) is 1. The van der Waals surface area contributed by atoms with Crippen molar-refractivity contribution in [2.45, 2.75) is 13.0 Å². The van der Waals surface area contributed by atoms with Crippen molar-refractivity contribution in [3.63, 3.8) is 0 Å². The number of amides is 2. The van der Waals surface area contributed by atoms with Crippen LogP contribution in [0.4, 0.5) is 0 Å². The van der Waals surface area contributed by atoms with Gasteiger partial charge in [0.1, 0.15) is 11.7 Å². The SMILES string of the molecule is CC(C(=O)O)n1ccc(C(=O)N2CCN(C(=O)c3ccco3)CC2)n1. The molecule has 1 N–H and O–H groups in total. The highest BCUT2D eigenvalue weighted by Gasteiger charge is 2.28. The molecule has 1 atom stereocenters. The molecular weight excluding hydrogens is 328 g/mol. The first-order chi connectivity index (χ1) is 12.0. The molecule has 9 heteroatoms. The summed E-state index contributed by atoms with van der Waals surface area (Å²) in [6, 6.07) is 3.92. The fraction of sp³-hybridized carbons (Fsp3) is 0.375. The van der Waals surface area contributed by atoms with Crippen molar-refractivity contribution in [3.05, 3.63) is 42.1 Å². The lowest BCUT2D eigenvalue weighted by atomic mass is 10.2. The molecule has 1 unspecified atom stereocenters. The molecule has 0 aromatic carbocycles. The Morgan fingerprint density at radius 3 is 2.32 bits per heavy atom. The van der Waals surface area contributed by atoms with Crippen molar-refractivity contribution >= 4 is 17.8 Å². The molecule has 1 aliphatic rings. The number of aromatic nitrogens is 2. The zero-order valence-electron chi connectivity index (χ0n) is 13.7. The van der Waals surface area contributed by atoms with E-state index in [4.69, 9.17) is 9.52 Å². The molecule has 9 nitrogen and oxygen atoms in total. The van der Waals surface area contributed by atoms with Crippen LogP contribution < -0.4 is 0 Å². The zero-order valence-corrected chi connectivity index (χ0v) is 13.7. The summed E-state index contributed by atoms with van der Waals surface area (Å²) in [7, 11) is 0. The fourth-order valence-electron chi connectivity index (χ4n) is 2.61. The third-order valence-electron chi connectivity index (χ3n) is 4.17. The minimum atomic E-state index is -1.02. The lowest BCUT2D eigenvalue weighted by Gasteiger charge is -2.33. The van der Waals surface area contributed by atoms with Crippen LogP contribution in [-0.4, -0.2) is 68.6 Å². The van der Waals surface area contributed by atoms with Crippen LogP contribution >= 0.6 is 0 Å². The summed E-state index contributed by atoms with van der Waals surface area (Å²) < 4.78 is 6.35. The number of furan rings is 1. The van der Waals surface area contributed by atoms with Crippen LogP contribution in [0.5, 0.6) is 0 Å². The van der Waals surface area contributed by atoms with Gasteiger partial charge in [-0.15, -0.1) is 0 Å². The van der Waals surface area contributed by atoms with E-state index in [1.807, 2.05) is 0 Å². The average molecular weight is 346 g/mol. The number of carbonyl (C=O) groups is 3. The van der Waals surface area contributed by atoms with Gasteiger partial charge in [0, 0.05) is 32.4 Å². The Balaban J connectivity index is 1.60. The van der Waals surface area contributed by atoms with Crippen molar-refractivity contribution in [2.75, 3.05) is 26.2 Å². The van der Waals surface area contributed by atoms with Crippen LogP contribution in [0.25, 0.3) is 0 Å². The van der Waals surface area contributed by atoms with Crippen molar-refractivity contribution in [2.24, 2.45) is 0 Å². The van der Waals surface area contributed by atoms with Crippen LogP contribution in [0.15, 0.2) is 35.1 Å². The molecule has 25 heavy (non-hydrogen) atoms. The van der Waals surface area contributed by atoms with Crippen molar-refractivity contribution in [1.29, 1.82) is 0 Å². The molecule has 0 bridgehead atoms. The van der Waals surface area contributed by atoms with Gasteiger partial charge in [-0.05, 0) is 25.1 Å². The topological polar surface area (TPSA) is 109 Å². The summed E-state index contributed by atoms with van der Waals surface area (Å²) in [5.74, 6) is -1.22. The summed E-state index contributed by atoms with van der Waals surface area (Å²) >= 11 is 0. The number of aliphatic carboxylic acids is 1. The Morgan fingerprint density at radius 2 is 1.76 bits per heavy atom. The number of carboxylic acids is 1. The molecule has 2 amide bonds. The van der Waals surface area contributed by atoms with Crippen molar-refractivity contribution in [1.82, 2.24) is 19.6 Å². The smallest absolute Gasteiger partial charge is 0.328 e. The van der Waals surface area contributed by atoms with E-state index < -0.39 is 12.0 Å². The first-order valence-electron chi connectivity index (χ1n) is 7.87. The Morgan fingerprint density at radius 1 is 1.12 bits per heavy atom. The fourth-order valence-corrected chi connectivity index (χ4v) is 2.61. The zero-order chi connectivity index (χ0) is 18.0. The highest BCUT2D eigenvalue weighted by atomic mass is 16.4. The summed E-state index contributed by atoms with van der Waals surface area (Å²) in [6.07, 6.45) is 2.92. The molecule has 2 aromatic heterocycles. The van der Waals surface area contributed by atoms with Gasteiger partial charge in [0.2, 0.25) is 0 Å². The van der Waals surface area contributed by atoms with E-state index in [1.54, 1.807) is 21.9 Å². The van der Waals surface area contributed by atoms with Crippen molar-refractivity contribution in [3.8, 4) is 0 Å². The van der Waals surface area contributed by atoms with E-state index in [1.165, 1.54) is 30.1 Å². The quantitative estimate of drug-likeness (QED) is 0.874. The Kier molecular flexibility index (Phi) is 4.55. The summed E-state index contributed by atoms with van der Waals surface area (Å²) in [5, 5.41) is 13.0. The minimum absolute atomic E-state index is 0.193. The molecule has 3 heterocycles. The van der Waals surface area contributed by atoms with Crippen LogP contribution in [0.1, 0.15) is 34.0 Å². The first kappa shape index (κ1) is 16.7. The van der Waals surface area contributed by atoms with Crippen molar-refractivity contribution < 1.29 is 23.9 Å². The minimum Gasteiger partial charge on any atom is -0.480 e. The van der Waals surface area contributed by atoms with E-state index in [0.29, 0.717) is 26.2 Å². The lowest BCUT2D eigenvalue weighted by molar-refractivity contribution is -0.140. The predicted octanol–water partition coefficient (Wildman–Crippen LogP) is 0.720. The molecule has 0 radical (unpaired) electrons. The number of rotatable bonds is 4. The number of piperazine rings is 1. The molecule has 0 saturated carbocycles. The van der Waals surface area contributed by atoms with E-state index in [9.17, 15) is 14.4 Å². The third-order valence-corrected chi connectivity index (χ3v) is 4.17. The van der Waals surface area contributed by atoms with Gasteiger partial charge in [0.25, 0.3) is 11.8 Å². The highest BCUT2D eigenvalue weighted by molar-refractivity contribution is 5.93. The van der Waals surface area contributed by atoms with Gasteiger partial charge < -0.3 is 19.3 Å². The Labute approximate surface area is 143 Å². The molecule has 2 aromatic rings. The standard InChI is InChI=1S/C16H18N4O5/c1-11(16(23)24)20-5-4-12(17-20)14(21)18-6-8-19(9-7-18)15(22)13-3-2-10-25-13/h2-5,10-11H,6-9H2,1H3,(H,23,24). The Hall–Kier alpha value is -3.10. The number of hydrogen-bond donors (Lipinski definition) is 1. The summed E-state index contributed by atoms with van der Waals surface area (Å²) in [4.78, 5) is 38.9. The van der Waals surface area contributed by atoms with Gasteiger partial charge in [-0.25, -0.2) is 4.79 Å². The van der Waals surface area contributed by atoms with Gasteiger partial charge in [0.05, 0.1) is 6.26 Å². The van der Waals surface area contributed by atoms with Gasteiger partial charge in [-0.2, -0.15) is 5.10 Å². The molecular formula is C16H18N4O5. The monoisotopic (exact) mass is 346 g/mol. The maximum atomic E-state index is 12.5.